The molecule has 1 unspecified atom stereocenters. The van der Waals surface area contributed by atoms with Crippen LogP contribution in [0.2, 0.25) is 0 Å². The Kier molecular flexibility index (Phi) is 3.25. The summed E-state index contributed by atoms with van der Waals surface area (Å²) >= 11 is 0. The van der Waals surface area contributed by atoms with Gasteiger partial charge in [0.15, 0.2) is 0 Å². The highest BCUT2D eigenvalue weighted by molar-refractivity contribution is 5.16. The SMILES string of the molecule is N#CC1(NCCCO)CN2CCC1CC2. The first-order chi connectivity index (χ1) is 7.30. The van der Waals surface area contributed by atoms with Crippen LogP contribution in [0.25, 0.3) is 0 Å². The minimum atomic E-state index is -0.342. The monoisotopic (exact) mass is 209 g/mol. The van der Waals surface area contributed by atoms with Crippen LogP contribution in [0.1, 0.15) is 19.3 Å². The number of piperidine rings is 3. The average molecular weight is 209 g/mol. The average Bonchev–Trinajstić information content (AvgIpc) is 2.31. The maximum atomic E-state index is 9.36. The van der Waals surface area contributed by atoms with E-state index in [-0.39, 0.29) is 12.1 Å². The summed E-state index contributed by atoms with van der Waals surface area (Å²) in [4.78, 5) is 2.37. The molecule has 3 heterocycles. The van der Waals surface area contributed by atoms with E-state index in [1.165, 1.54) is 0 Å². The Labute approximate surface area is 90.9 Å². The predicted molar refractivity (Wildman–Crippen MR) is 57.2 cm³/mol. The van der Waals surface area contributed by atoms with Gasteiger partial charge in [0.1, 0.15) is 5.54 Å². The number of hydrogen-bond donors (Lipinski definition) is 2. The minimum Gasteiger partial charge on any atom is -0.396 e. The highest BCUT2D eigenvalue weighted by Gasteiger charge is 2.46. The van der Waals surface area contributed by atoms with Gasteiger partial charge in [-0.15, -0.1) is 0 Å². The van der Waals surface area contributed by atoms with Crippen molar-refractivity contribution in [3.63, 3.8) is 0 Å². The molecule has 2 bridgehead atoms. The summed E-state index contributed by atoms with van der Waals surface area (Å²) in [5.74, 6) is 0.506. The lowest BCUT2D eigenvalue weighted by molar-refractivity contribution is 0.0364. The molecule has 3 saturated heterocycles. The van der Waals surface area contributed by atoms with E-state index in [0.29, 0.717) is 5.92 Å². The van der Waals surface area contributed by atoms with Crippen molar-refractivity contribution < 1.29 is 5.11 Å². The summed E-state index contributed by atoms with van der Waals surface area (Å²) in [6.07, 6.45) is 3.01. The van der Waals surface area contributed by atoms with Crippen molar-refractivity contribution in [2.75, 3.05) is 32.8 Å². The molecule has 3 aliphatic rings. The van der Waals surface area contributed by atoms with Crippen molar-refractivity contribution in [2.24, 2.45) is 5.92 Å². The fourth-order valence-electron chi connectivity index (χ4n) is 2.82. The summed E-state index contributed by atoms with van der Waals surface area (Å²) in [6, 6.07) is 2.47. The highest BCUT2D eigenvalue weighted by atomic mass is 16.3. The van der Waals surface area contributed by atoms with Gasteiger partial charge in [-0.3, -0.25) is 5.32 Å². The lowest BCUT2D eigenvalue weighted by atomic mass is 9.73. The van der Waals surface area contributed by atoms with Gasteiger partial charge in [0.05, 0.1) is 6.07 Å². The van der Waals surface area contributed by atoms with Gasteiger partial charge in [0.25, 0.3) is 0 Å². The number of nitrogens with one attached hydrogen (secondary N) is 1. The Morgan fingerprint density at radius 2 is 2.20 bits per heavy atom. The third-order valence-electron chi connectivity index (χ3n) is 3.73. The quantitative estimate of drug-likeness (QED) is 0.637. The van der Waals surface area contributed by atoms with Crippen molar-refractivity contribution >= 4 is 0 Å². The summed E-state index contributed by atoms with van der Waals surface area (Å²) in [7, 11) is 0. The molecule has 4 heteroatoms. The smallest absolute Gasteiger partial charge is 0.122 e. The molecular weight excluding hydrogens is 190 g/mol. The molecule has 3 aliphatic heterocycles. The number of nitrogens with zero attached hydrogens (tertiary/aromatic N) is 2. The zero-order valence-corrected chi connectivity index (χ0v) is 9.08. The van der Waals surface area contributed by atoms with Crippen LogP contribution in [-0.2, 0) is 0 Å². The van der Waals surface area contributed by atoms with Gasteiger partial charge >= 0.3 is 0 Å². The standard InChI is InChI=1S/C11H19N3O/c12-8-11(13-4-1-7-15)9-14-5-2-10(11)3-6-14/h10,13,15H,1-7,9H2. The summed E-state index contributed by atoms with van der Waals surface area (Å²) in [5, 5.41) is 21.5. The van der Waals surface area contributed by atoms with Crippen molar-refractivity contribution in [2.45, 2.75) is 24.8 Å². The number of rotatable bonds is 4. The predicted octanol–water partition coefficient (Wildman–Crippen LogP) is -0.0536. The molecule has 4 nitrogen and oxygen atoms in total. The Balaban J connectivity index is 1.99. The molecule has 2 N–H and O–H groups in total. The zero-order valence-electron chi connectivity index (χ0n) is 9.08. The van der Waals surface area contributed by atoms with Crippen LogP contribution in [-0.4, -0.2) is 48.3 Å². The van der Waals surface area contributed by atoms with Crippen LogP contribution in [0.15, 0.2) is 0 Å². The molecule has 15 heavy (non-hydrogen) atoms. The van der Waals surface area contributed by atoms with Crippen LogP contribution < -0.4 is 5.32 Å². The second-order valence-electron chi connectivity index (χ2n) is 4.64. The van der Waals surface area contributed by atoms with E-state index < -0.39 is 0 Å². The lowest BCUT2D eigenvalue weighted by Crippen LogP contribution is -2.65. The van der Waals surface area contributed by atoms with Crippen molar-refractivity contribution in [1.82, 2.24) is 10.2 Å². The van der Waals surface area contributed by atoms with Crippen LogP contribution >= 0.6 is 0 Å². The van der Waals surface area contributed by atoms with Gasteiger partial charge in [-0.1, -0.05) is 0 Å². The van der Waals surface area contributed by atoms with Gasteiger partial charge in [-0.25, -0.2) is 0 Å². The Morgan fingerprint density at radius 1 is 1.47 bits per heavy atom. The molecule has 0 amide bonds. The number of hydrogen-bond acceptors (Lipinski definition) is 4. The second-order valence-corrected chi connectivity index (χ2v) is 4.64. The topological polar surface area (TPSA) is 59.3 Å². The second kappa shape index (κ2) is 4.48. The maximum Gasteiger partial charge on any atom is 0.122 e. The van der Waals surface area contributed by atoms with E-state index in [1.807, 2.05) is 0 Å². The molecule has 0 aromatic carbocycles. The van der Waals surface area contributed by atoms with Crippen LogP contribution in [0, 0.1) is 17.2 Å². The Bertz CT molecular complexity index is 255. The zero-order chi connectivity index (χ0) is 10.7. The maximum absolute atomic E-state index is 9.36. The molecule has 0 radical (unpaired) electrons. The molecule has 0 aromatic heterocycles. The van der Waals surface area contributed by atoms with Gasteiger partial charge in [0.2, 0.25) is 0 Å². The largest absolute Gasteiger partial charge is 0.396 e. The Hall–Kier alpha value is -0.630. The van der Waals surface area contributed by atoms with E-state index >= 15 is 0 Å². The van der Waals surface area contributed by atoms with Crippen molar-refractivity contribution in [3.8, 4) is 6.07 Å². The van der Waals surface area contributed by atoms with E-state index in [9.17, 15) is 5.26 Å². The third kappa shape index (κ3) is 2.00. The molecule has 0 aromatic rings. The first-order valence-electron chi connectivity index (χ1n) is 5.80. The van der Waals surface area contributed by atoms with Gasteiger partial charge in [-0.05, 0) is 44.8 Å². The van der Waals surface area contributed by atoms with Gasteiger partial charge in [-0.2, -0.15) is 5.26 Å². The van der Waals surface area contributed by atoms with E-state index in [4.69, 9.17) is 5.11 Å². The van der Waals surface area contributed by atoms with Gasteiger partial charge < -0.3 is 10.0 Å². The highest BCUT2D eigenvalue weighted by Crippen LogP contribution is 2.35. The van der Waals surface area contributed by atoms with E-state index in [1.54, 1.807) is 0 Å². The molecule has 1 atom stereocenters. The molecule has 0 spiro atoms. The van der Waals surface area contributed by atoms with Crippen LogP contribution in [0.3, 0.4) is 0 Å². The summed E-state index contributed by atoms with van der Waals surface area (Å²) in [5.41, 5.74) is -0.342. The van der Waals surface area contributed by atoms with E-state index in [0.717, 1.165) is 45.4 Å². The van der Waals surface area contributed by atoms with E-state index in [2.05, 4.69) is 16.3 Å². The summed E-state index contributed by atoms with van der Waals surface area (Å²) in [6.45, 7) is 4.10. The van der Waals surface area contributed by atoms with Gasteiger partial charge in [0, 0.05) is 13.2 Å². The van der Waals surface area contributed by atoms with Crippen molar-refractivity contribution in [3.05, 3.63) is 0 Å². The number of aliphatic hydroxyl groups excluding tert-OH is 1. The normalized spacial score (nSPS) is 38.9. The molecular formula is C11H19N3O. The minimum absolute atomic E-state index is 0.197. The fraction of sp³-hybridized carbons (Fsp3) is 0.909. The first-order valence-corrected chi connectivity index (χ1v) is 5.80. The lowest BCUT2D eigenvalue weighted by Gasteiger charge is -2.50. The summed E-state index contributed by atoms with van der Waals surface area (Å²) < 4.78 is 0. The molecule has 84 valence electrons. The van der Waals surface area contributed by atoms with Crippen LogP contribution in [0.5, 0.6) is 0 Å². The number of aliphatic hydroxyl groups is 1. The first kappa shape index (κ1) is 10.9. The van der Waals surface area contributed by atoms with Crippen molar-refractivity contribution in [1.29, 1.82) is 5.26 Å². The molecule has 3 rings (SSSR count). The fourth-order valence-corrected chi connectivity index (χ4v) is 2.82. The number of fused-ring (bicyclic) bond motifs is 3. The molecule has 3 fully saturated rings. The Morgan fingerprint density at radius 3 is 2.67 bits per heavy atom. The third-order valence-corrected chi connectivity index (χ3v) is 3.73. The van der Waals surface area contributed by atoms with Crippen LogP contribution in [0.4, 0.5) is 0 Å². The molecule has 0 aliphatic carbocycles. The molecule has 0 saturated carbocycles. The number of nitriles is 1.